The van der Waals surface area contributed by atoms with E-state index in [4.69, 9.17) is 16.0 Å². The number of aryl methyl sites for hydroxylation is 3. The molecule has 0 aliphatic heterocycles. The van der Waals surface area contributed by atoms with Crippen molar-refractivity contribution in [1.82, 2.24) is 0 Å². The van der Waals surface area contributed by atoms with E-state index in [9.17, 15) is 0 Å². The first-order chi connectivity index (χ1) is 8.06. The number of hydrogen-bond donors (Lipinski definition) is 0. The smallest absolute Gasteiger partial charge is 0.122 e. The Morgan fingerprint density at radius 1 is 1.12 bits per heavy atom. The van der Waals surface area contributed by atoms with Gasteiger partial charge in [-0.3, -0.25) is 0 Å². The van der Waals surface area contributed by atoms with Gasteiger partial charge in [0.05, 0.1) is 5.38 Å². The monoisotopic (exact) mass is 248 g/mol. The van der Waals surface area contributed by atoms with Crippen LogP contribution in [0, 0.1) is 20.8 Å². The molecule has 1 heterocycles. The molecule has 1 aromatic carbocycles. The highest BCUT2D eigenvalue weighted by Gasteiger charge is 2.13. The summed E-state index contributed by atoms with van der Waals surface area (Å²) in [6.07, 6.45) is 0.808. The Labute approximate surface area is 107 Å². The summed E-state index contributed by atoms with van der Waals surface area (Å²) in [6, 6.07) is 10.4. The van der Waals surface area contributed by atoms with Gasteiger partial charge in [-0.15, -0.1) is 11.6 Å². The Hall–Kier alpha value is -1.21. The Bertz CT molecular complexity index is 513. The van der Waals surface area contributed by atoms with Gasteiger partial charge < -0.3 is 4.42 Å². The molecule has 17 heavy (non-hydrogen) atoms. The van der Waals surface area contributed by atoms with Gasteiger partial charge >= 0.3 is 0 Å². The van der Waals surface area contributed by atoms with Crippen molar-refractivity contribution in [3.63, 3.8) is 0 Å². The minimum Gasteiger partial charge on any atom is -0.465 e. The number of hydrogen-bond acceptors (Lipinski definition) is 1. The maximum atomic E-state index is 6.38. The maximum absolute atomic E-state index is 6.38. The molecule has 0 saturated heterocycles. The van der Waals surface area contributed by atoms with E-state index in [1.165, 1.54) is 16.7 Å². The fourth-order valence-corrected chi connectivity index (χ4v) is 2.22. The van der Waals surface area contributed by atoms with Gasteiger partial charge in [0.1, 0.15) is 11.5 Å². The zero-order valence-electron chi connectivity index (χ0n) is 10.5. The molecule has 0 radical (unpaired) electrons. The lowest BCUT2D eigenvalue weighted by atomic mass is 10.0. The van der Waals surface area contributed by atoms with Crippen LogP contribution < -0.4 is 0 Å². The third kappa shape index (κ3) is 2.92. The molecule has 0 N–H and O–H groups in total. The predicted octanol–water partition coefficient (Wildman–Crippen LogP) is 4.73. The summed E-state index contributed by atoms with van der Waals surface area (Å²) in [5, 5.41) is -0.0933. The molecule has 1 atom stereocenters. The van der Waals surface area contributed by atoms with Crippen LogP contribution in [-0.4, -0.2) is 0 Å². The summed E-state index contributed by atoms with van der Waals surface area (Å²) in [5.74, 6) is 1.76. The lowest BCUT2D eigenvalue weighted by molar-refractivity contribution is 0.477. The van der Waals surface area contributed by atoms with Crippen molar-refractivity contribution in [3.05, 3.63) is 58.5 Å². The molecule has 2 aromatic rings. The number of rotatable bonds is 3. The van der Waals surface area contributed by atoms with E-state index in [2.05, 4.69) is 32.0 Å². The lowest BCUT2D eigenvalue weighted by Crippen LogP contribution is -1.97. The zero-order chi connectivity index (χ0) is 12.4. The van der Waals surface area contributed by atoms with Gasteiger partial charge in [-0.1, -0.05) is 23.8 Å². The van der Waals surface area contributed by atoms with E-state index in [-0.39, 0.29) is 5.38 Å². The van der Waals surface area contributed by atoms with Gasteiger partial charge in [-0.05, 0) is 50.5 Å². The average Bonchev–Trinajstić information content (AvgIpc) is 2.70. The molecular formula is C15H17ClO. The van der Waals surface area contributed by atoms with Crippen LogP contribution in [0.3, 0.4) is 0 Å². The van der Waals surface area contributed by atoms with Gasteiger partial charge in [0.2, 0.25) is 0 Å². The summed E-state index contributed by atoms with van der Waals surface area (Å²) in [6.45, 7) is 6.15. The van der Waals surface area contributed by atoms with Crippen LogP contribution in [0.25, 0.3) is 0 Å². The van der Waals surface area contributed by atoms with Gasteiger partial charge in [-0.2, -0.15) is 0 Å². The molecular weight excluding hydrogens is 232 g/mol. The lowest BCUT2D eigenvalue weighted by Gasteiger charge is -2.10. The van der Waals surface area contributed by atoms with Crippen molar-refractivity contribution in [2.75, 3.05) is 0 Å². The van der Waals surface area contributed by atoms with E-state index in [1.807, 2.05) is 19.1 Å². The van der Waals surface area contributed by atoms with Gasteiger partial charge in [-0.25, -0.2) is 0 Å². The van der Waals surface area contributed by atoms with Crippen LogP contribution in [0.1, 0.15) is 33.6 Å². The Morgan fingerprint density at radius 2 is 1.88 bits per heavy atom. The second kappa shape index (κ2) is 4.97. The number of furan rings is 1. The third-order valence-electron chi connectivity index (χ3n) is 2.97. The summed E-state index contributed by atoms with van der Waals surface area (Å²) < 4.78 is 5.56. The van der Waals surface area contributed by atoms with Gasteiger partial charge in [0, 0.05) is 0 Å². The highest BCUT2D eigenvalue weighted by molar-refractivity contribution is 6.20. The minimum absolute atomic E-state index is 0.0933. The molecule has 1 unspecified atom stereocenters. The zero-order valence-corrected chi connectivity index (χ0v) is 11.2. The number of alkyl halides is 1. The van der Waals surface area contributed by atoms with Crippen molar-refractivity contribution >= 4 is 11.6 Å². The second-order valence-corrected chi connectivity index (χ2v) is 5.08. The number of benzene rings is 1. The predicted molar refractivity (Wildman–Crippen MR) is 71.7 cm³/mol. The largest absolute Gasteiger partial charge is 0.465 e. The van der Waals surface area contributed by atoms with Crippen LogP contribution in [0.4, 0.5) is 0 Å². The maximum Gasteiger partial charge on any atom is 0.122 e. The minimum atomic E-state index is -0.0933. The summed E-state index contributed by atoms with van der Waals surface area (Å²) in [4.78, 5) is 0. The Balaban J connectivity index is 2.18. The highest BCUT2D eigenvalue weighted by atomic mass is 35.5. The van der Waals surface area contributed by atoms with Crippen LogP contribution in [0.15, 0.2) is 34.7 Å². The van der Waals surface area contributed by atoms with Crippen molar-refractivity contribution < 1.29 is 4.42 Å². The van der Waals surface area contributed by atoms with E-state index in [0.29, 0.717) is 0 Å². The molecule has 90 valence electrons. The second-order valence-electron chi connectivity index (χ2n) is 4.55. The highest BCUT2D eigenvalue weighted by Crippen LogP contribution is 2.28. The summed E-state index contributed by atoms with van der Waals surface area (Å²) in [7, 11) is 0. The molecule has 0 saturated carbocycles. The van der Waals surface area contributed by atoms with E-state index >= 15 is 0 Å². The third-order valence-corrected chi connectivity index (χ3v) is 3.34. The molecule has 2 heteroatoms. The summed E-state index contributed by atoms with van der Waals surface area (Å²) >= 11 is 6.38. The van der Waals surface area contributed by atoms with Gasteiger partial charge in [0.25, 0.3) is 0 Å². The molecule has 0 bridgehead atoms. The molecule has 0 aliphatic rings. The van der Waals surface area contributed by atoms with E-state index in [0.717, 1.165) is 17.9 Å². The Kier molecular flexibility index (Phi) is 3.58. The molecule has 1 nitrogen and oxygen atoms in total. The summed E-state index contributed by atoms with van der Waals surface area (Å²) in [5.41, 5.74) is 3.84. The first-order valence-electron chi connectivity index (χ1n) is 5.83. The van der Waals surface area contributed by atoms with Gasteiger partial charge in [0.15, 0.2) is 0 Å². The fraction of sp³-hybridized carbons (Fsp3) is 0.333. The van der Waals surface area contributed by atoms with Crippen LogP contribution >= 0.6 is 11.6 Å². The van der Waals surface area contributed by atoms with Crippen molar-refractivity contribution in [2.24, 2.45) is 0 Å². The number of halogens is 1. The van der Waals surface area contributed by atoms with Crippen molar-refractivity contribution in [2.45, 2.75) is 32.6 Å². The molecule has 0 aliphatic carbocycles. The first-order valence-corrected chi connectivity index (χ1v) is 6.26. The van der Waals surface area contributed by atoms with Crippen LogP contribution in [0.2, 0.25) is 0 Å². The molecule has 0 fully saturated rings. The normalized spacial score (nSPS) is 12.7. The van der Waals surface area contributed by atoms with Crippen LogP contribution in [0.5, 0.6) is 0 Å². The van der Waals surface area contributed by atoms with E-state index in [1.54, 1.807) is 0 Å². The SMILES string of the molecule is Cc1ccc(C)c(CC(Cl)c2ccc(C)o2)c1. The fourth-order valence-electron chi connectivity index (χ4n) is 1.94. The average molecular weight is 249 g/mol. The molecule has 2 rings (SSSR count). The van der Waals surface area contributed by atoms with Crippen molar-refractivity contribution in [1.29, 1.82) is 0 Å². The topological polar surface area (TPSA) is 13.1 Å². The first kappa shape index (κ1) is 12.3. The van der Waals surface area contributed by atoms with Crippen molar-refractivity contribution in [3.8, 4) is 0 Å². The standard InChI is InChI=1S/C15H17ClO/c1-10-4-5-11(2)13(8-10)9-14(16)15-7-6-12(3)17-15/h4-8,14H,9H2,1-3H3. The molecule has 1 aromatic heterocycles. The molecule has 0 amide bonds. The van der Waals surface area contributed by atoms with Crippen LogP contribution in [-0.2, 0) is 6.42 Å². The quantitative estimate of drug-likeness (QED) is 0.716. The Morgan fingerprint density at radius 3 is 2.53 bits per heavy atom. The van der Waals surface area contributed by atoms with E-state index < -0.39 is 0 Å². The molecule has 0 spiro atoms.